The molecule has 0 unspecified atom stereocenters. The molecule has 1 aliphatic rings. The number of hydrogen-bond acceptors (Lipinski definition) is 4. The van der Waals surface area contributed by atoms with Crippen LogP contribution in [-0.4, -0.2) is 29.6 Å². The summed E-state index contributed by atoms with van der Waals surface area (Å²) in [6.07, 6.45) is 0. The third-order valence-corrected chi connectivity index (χ3v) is 5.48. The number of aryl methyl sites for hydroxylation is 1. The number of carbonyl (C=O) groups is 1. The lowest BCUT2D eigenvalue weighted by atomic mass is 10.3. The summed E-state index contributed by atoms with van der Waals surface area (Å²) in [6.45, 7) is 2.99. The number of methoxy groups -OCH3 is 1. The molecular formula is C16H15ClN2O2S2. The van der Waals surface area contributed by atoms with Crippen molar-refractivity contribution in [2.45, 2.75) is 13.5 Å². The highest BCUT2D eigenvalue weighted by molar-refractivity contribution is 7.80. The lowest BCUT2D eigenvalue weighted by Crippen LogP contribution is -2.32. The van der Waals surface area contributed by atoms with Crippen LogP contribution in [0.2, 0.25) is 5.02 Å². The third kappa shape index (κ3) is 3.06. The van der Waals surface area contributed by atoms with Gasteiger partial charge in [-0.3, -0.25) is 9.69 Å². The number of thiocarbonyl (C=S) groups is 1. The molecule has 1 aromatic carbocycles. The minimum atomic E-state index is -0.0505. The molecular weight excluding hydrogens is 352 g/mol. The summed E-state index contributed by atoms with van der Waals surface area (Å²) < 4.78 is 5.14. The fourth-order valence-electron chi connectivity index (χ4n) is 2.46. The summed E-state index contributed by atoms with van der Waals surface area (Å²) in [5, 5.41) is 3.00. The molecule has 2 heterocycles. The van der Waals surface area contributed by atoms with Gasteiger partial charge < -0.3 is 9.64 Å². The molecule has 4 nitrogen and oxygen atoms in total. The van der Waals surface area contributed by atoms with Gasteiger partial charge in [-0.1, -0.05) is 11.6 Å². The Kier molecular flexibility index (Phi) is 4.57. The van der Waals surface area contributed by atoms with Gasteiger partial charge >= 0.3 is 0 Å². The van der Waals surface area contributed by atoms with Gasteiger partial charge in [0.15, 0.2) is 5.11 Å². The Labute approximate surface area is 149 Å². The Hall–Kier alpha value is -1.63. The predicted molar refractivity (Wildman–Crippen MR) is 97.6 cm³/mol. The number of halogens is 1. The fourth-order valence-corrected chi connectivity index (χ4v) is 3.97. The van der Waals surface area contributed by atoms with Gasteiger partial charge in [-0.25, -0.2) is 0 Å². The lowest BCUT2D eigenvalue weighted by Gasteiger charge is -2.20. The number of rotatable bonds is 4. The number of ether oxygens (including phenoxy) is 1. The van der Waals surface area contributed by atoms with E-state index in [1.165, 1.54) is 15.3 Å². The highest BCUT2D eigenvalue weighted by atomic mass is 35.5. The van der Waals surface area contributed by atoms with Gasteiger partial charge in [0.25, 0.3) is 5.91 Å². The van der Waals surface area contributed by atoms with E-state index >= 15 is 0 Å². The first-order valence-corrected chi connectivity index (χ1v) is 8.66. The third-order valence-electron chi connectivity index (χ3n) is 3.73. The van der Waals surface area contributed by atoms with Crippen molar-refractivity contribution in [2.75, 3.05) is 18.6 Å². The Balaban J connectivity index is 1.84. The second-order valence-corrected chi connectivity index (χ2v) is 6.99. The minimum absolute atomic E-state index is 0.0505. The zero-order chi connectivity index (χ0) is 16.6. The number of hydrogen-bond donors (Lipinski definition) is 0. The Morgan fingerprint density at radius 3 is 2.78 bits per heavy atom. The standard InChI is InChI=1S/C16H15ClN2O2S2/c1-10-5-6-23-14(10)8-18-9-15(20)19(16(18)22)11-3-4-13(21-2)12(17)7-11/h3-7H,8-9H2,1-2H3. The lowest BCUT2D eigenvalue weighted by molar-refractivity contribution is -0.116. The number of amides is 1. The Bertz CT molecular complexity index is 775. The van der Waals surface area contributed by atoms with Crippen LogP contribution in [0.1, 0.15) is 10.4 Å². The summed E-state index contributed by atoms with van der Waals surface area (Å²) in [6, 6.07) is 7.29. The summed E-state index contributed by atoms with van der Waals surface area (Å²) in [5.74, 6) is 0.518. The number of nitrogens with zero attached hydrogens (tertiary/aromatic N) is 2. The maximum Gasteiger partial charge on any atom is 0.252 e. The molecule has 2 aromatic rings. The number of anilines is 1. The van der Waals surface area contributed by atoms with Crippen molar-refractivity contribution in [2.24, 2.45) is 0 Å². The zero-order valence-electron chi connectivity index (χ0n) is 12.7. The van der Waals surface area contributed by atoms with Crippen LogP contribution in [0.25, 0.3) is 0 Å². The van der Waals surface area contributed by atoms with E-state index in [-0.39, 0.29) is 12.5 Å². The van der Waals surface area contributed by atoms with Crippen LogP contribution in [0, 0.1) is 6.92 Å². The summed E-state index contributed by atoms with van der Waals surface area (Å²) in [4.78, 5) is 17.1. The van der Waals surface area contributed by atoms with Crippen LogP contribution in [0.5, 0.6) is 5.75 Å². The molecule has 1 saturated heterocycles. The molecule has 1 amide bonds. The number of benzene rings is 1. The van der Waals surface area contributed by atoms with Gasteiger partial charge in [0.05, 0.1) is 24.4 Å². The van der Waals surface area contributed by atoms with Gasteiger partial charge in [-0.05, 0) is 54.4 Å². The van der Waals surface area contributed by atoms with Crippen LogP contribution in [-0.2, 0) is 11.3 Å². The molecule has 1 fully saturated rings. The molecule has 1 aliphatic heterocycles. The second kappa shape index (κ2) is 6.47. The van der Waals surface area contributed by atoms with Crippen LogP contribution < -0.4 is 9.64 Å². The van der Waals surface area contributed by atoms with Crippen molar-refractivity contribution in [3.05, 3.63) is 45.1 Å². The molecule has 120 valence electrons. The first kappa shape index (κ1) is 16.2. The molecule has 0 aliphatic carbocycles. The molecule has 0 atom stereocenters. The summed E-state index contributed by atoms with van der Waals surface area (Å²) in [5.41, 5.74) is 1.88. The van der Waals surface area contributed by atoms with Gasteiger partial charge in [-0.15, -0.1) is 11.3 Å². The van der Waals surface area contributed by atoms with E-state index in [4.69, 9.17) is 28.6 Å². The van der Waals surface area contributed by atoms with E-state index in [1.54, 1.807) is 36.6 Å². The quantitative estimate of drug-likeness (QED) is 0.769. The van der Waals surface area contributed by atoms with Crippen LogP contribution in [0.15, 0.2) is 29.6 Å². The molecule has 3 rings (SSSR count). The molecule has 23 heavy (non-hydrogen) atoms. The van der Waals surface area contributed by atoms with E-state index in [2.05, 4.69) is 13.0 Å². The SMILES string of the molecule is COc1ccc(N2C(=O)CN(Cc3sccc3C)C2=S)cc1Cl. The summed E-state index contributed by atoms with van der Waals surface area (Å²) >= 11 is 13.3. The minimum Gasteiger partial charge on any atom is -0.495 e. The van der Waals surface area contributed by atoms with Crippen LogP contribution >= 0.6 is 35.2 Å². The van der Waals surface area contributed by atoms with Gasteiger partial charge in [-0.2, -0.15) is 0 Å². The predicted octanol–water partition coefficient (Wildman–Crippen LogP) is 3.85. The zero-order valence-corrected chi connectivity index (χ0v) is 15.1. The van der Waals surface area contributed by atoms with Crippen LogP contribution in [0.4, 0.5) is 5.69 Å². The van der Waals surface area contributed by atoms with E-state index in [9.17, 15) is 4.79 Å². The average Bonchev–Trinajstić information content (AvgIpc) is 3.03. The van der Waals surface area contributed by atoms with Crippen molar-refractivity contribution in [3.8, 4) is 5.75 Å². The van der Waals surface area contributed by atoms with Gasteiger partial charge in [0.2, 0.25) is 0 Å². The highest BCUT2D eigenvalue weighted by Crippen LogP contribution is 2.32. The van der Waals surface area contributed by atoms with Crippen molar-refractivity contribution in [1.82, 2.24) is 4.90 Å². The Morgan fingerprint density at radius 1 is 1.39 bits per heavy atom. The topological polar surface area (TPSA) is 32.8 Å². The van der Waals surface area contributed by atoms with Crippen molar-refractivity contribution in [1.29, 1.82) is 0 Å². The van der Waals surface area contributed by atoms with E-state index < -0.39 is 0 Å². The monoisotopic (exact) mass is 366 g/mol. The van der Waals surface area contributed by atoms with Crippen LogP contribution in [0.3, 0.4) is 0 Å². The molecule has 1 aromatic heterocycles. The average molecular weight is 367 g/mol. The maximum absolute atomic E-state index is 12.4. The van der Waals surface area contributed by atoms with E-state index in [0.29, 0.717) is 28.1 Å². The highest BCUT2D eigenvalue weighted by Gasteiger charge is 2.34. The molecule has 0 spiro atoms. The molecule has 0 saturated carbocycles. The molecule has 7 heteroatoms. The molecule has 0 N–H and O–H groups in total. The smallest absolute Gasteiger partial charge is 0.252 e. The first-order chi connectivity index (χ1) is 11.0. The maximum atomic E-state index is 12.4. The van der Waals surface area contributed by atoms with Gasteiger partial charge in [0, 0.05) is 4.88 Å². The van der Waals surface area contributed by atoms with Crippen molar-refractivity contribution < 1.29 is 9.53 Å². The fraction of sp³-hybridized carbons (Fsp3) is 0.250. The Morgan fingerprint density at radius 2 is 2.17 bits per heavy atom. The van der Waals surface area contributed by atoms with E-state index in [0.717, 1.165) is 0 Å². The van der Waals surface area contributed by atoms with Gasteiger partial charge in [0.1, 0.15) is 12.3 Å². The molecule has 0 bridgehead atoms. The molecule has 0 radical (unpaired) electrons. The van der Waals surface area contributed by atoms with Crippen molar-refractivity contribution >= 4 is 51.9 Å². The van der Waals surface area contributed by atoms with Crippen molar-refractivity contribution in [3.63, 3.8) is 0 Å². The number of thiophene rings is 1. The largest absolute Gasteiger partial charge is 0.495 e. The summed E-state index contributed by atoms with van der Waals surface area (Å²) in [7, 11) is 1.55. The normalized spacial score (nSPS) is 14.7. The first-order valence-electron chi connectivity index (χ1n) is 6.99. The number of carbonyl (C=O) groups excluding carboxylic acids is 1. The second-order valence-electron chi connectivity index (χ2n) is 5.21. The van der Waals surface area contributed by atoms with E-state index in [1.807, 2.05) is 10.3 Å².